The molecule has 1 aliphatic heterocycles. The van der Waals surface area contributed by atoms with Gasteiger partial charge in [-0.25, -0.2) is 0 Å². The molecule has 0 aromatic heterocycles. The molecular formula is C15H22N2O. The molecule has 3 rings (SSSR count). The van der Waals surface area contributed by atoms with Gasteiger partial charge in [-0.1, -0.05) is 24.3 Å². The van der Waals surface area contributed by atoms with E-state index in [1.807, 2.05) is 0 Å². The van der Waals surface area contributed by atoms with Gasteiger partial charge in [0.1, 0.15) is 0 Å². The van der Waals surface area contributed by atoms with Gasteiger partial charge in [-0.15, -0.1) is 0 Å². The summed E-state index contributed by atoms with van der Waals surface area (Å²) in [4.78, 5) is 2.21. The Morgan fingerprint density at radius 1 is 1.33 bits per heavy atom. The summed E-state index contributed by atoms with van der Waals surface area (Å²) >= 11 is 0. The van der Waals surface area contributed by atoms with Crippen LogP contribution in [0.25, 0.3) is 0 Å². The number of aliphatic hydroxyl groups is 1. The summed E-state index contributed by atoms with van der Waals surface area (Å²) in [5, 5.41) is 11.1. The fourth-order valence-corrected chi connectivity index (χ4v) is 3.94. The highest BCUT2D eigenvalue weighted by Crippen LogP contribution is 2.48. The topological polar surface area (TPSA) is 49.5 Å². The van der Waals surface area contributed by atoms with Crippen LogP contribution in [0, 0.1) is 0 Å². The first-order valence-electron chi connectivity index (χ1n) is 6.81. The van der Waals surface area contributed by atoms with Crippen LogP contribution in [0.1, 0.15) is 24.0 Å². The van der Waals surface area contributed by atoms with Crippen LogP contribution in [0.3, 0.4) is 0 Å². The van der Waals surface area contributed by atoms with E-state index in [0.29, 0.717) is 6.54 Å². The Morgan fingerprint density at radius 3 is 2.78 bits per heavy atom. The number of rotatable bonds is 2. The molecule has 0 amide bonds. The molecule has 2 aliphatic rings. The van der Waals surface area contributed by atoms with Crippen LogP contribution in [-0.2, 0) is 11.8 Å². The second kappa shape index (κ2) is 4.05. The number of β-amino-alcohol motifs (C(OH)–C–C–N with tert-alkyl or cyclic N) is 1. The van der Waals surface area contributed by atoms with Gasteiger partial charge in [-0.05, 0) is 37.4 Å². The number of benzene rings is 1. The molecule has 0 saturated carbocycles. The monoisotopic (exact) mass is 246 g/mol. The molecule has 2 atom stereocenters. The Kier molecular flexibility index (Phi) is 2.73. The fraction of sp³-hybridized carbons (Fsp3) is 0.600. The molecule has 98 valence electrons. The van der Waals surface area contributed by atoms with Crippen molar-refractivity contribution in [3.05, 3.63) is 35.4 Å². The van der Waals surface area contributed by atoms with Crippen LogP contribution in [0.2, 0.25) is 0 Å². The highest BCUT2D eigenvalue weighted by molar-refractivity contribution is 5.43. The van der Waals surface area contributed by atoms with Crippen LogP contribution in [0.4, 0.5) is 0 Å². The zero-order valence-corrected chi connectivity index (χ0v) is 11.0. The smallest absolute Gasteiger partial charge is 0.0894 e. The maximum absolute atomic E-state index is 11.1. The first-order valence-corrected chi connectivity index (χ1v) is 6.81. The molecule has 1 aromatic carbocycles. The van der Waals surface area contributed by atoms with Gasteiger partial charge in [-0.3, -0.25) is 0 Å². The molecule has 3 nitrogen and oxygen atoms in total. The Balaban J connectivity index is 2.07. The molecule has 3 N–H and O–H groups in total. The molecule has 2 unspecified atom stereocenters. The predicted molar refractivity (Wildman–Crippen MR) is 72.6 cm³/mol. The molecule has 1 aliphatic carbocycles. The van der Waals surface area contributed by atoms with Gasteiger partial charge in [-0.2, -0.15) is 0 Å². The molecule has 1 aromatic rings. The van der Waals surface area contributed by atoms with Gasteiger partial charge < -0.3 is 15.7 Å². The summed E-state index contributed by atoms with van der Waals surface area (Å²) in [6.45, 7) is 2.23. The lowest BCUT2D eigenvalue weighted by atomic mass is 9.67. The maximum atomic E-state index is 11.1. The second-order valence-electron chi connectivity index (χ2n) is 5.96. The van der Waals surface area contributed by atoms with E-state index >= 15 is 0 Å². The van der Waals surface area contributed by atoms with Gasteiger partial charge in [0.2, 0.25) is 0 Å². The van der Waals surface area contributed by atoms with Gasteiger partial charge >= 0.3 is 0 Å². The number of likely N-dealkylation sites (tertiary alicyclic amines) is 1. The molecule has 3 heteroatoms. The minimum atomic E-state index is -0.664. The summed E-state index contributed by atoms with van der Waals surface area (Å²) in [6.07, 6.45) is 2.85. The molecule has 1 fully saturated rings. The van der Waals surface area contributed by atoms with Crippen LogP contribution in [0.15, 0.2) is 24.3 Å². The van der Waals surface area contributed by atoms with Crippen molar-refractivity contribution in [2.75, 3.05) is 26.7 Å². The average molecular weight is 246 g/mol. The molecule has 0 spiro atoms. The van der Waals surface area contributed by atoms with Crippen LogP contribution in [-0.4, -0.2) is 42.3 Å². The number of hydrogen-bond donors (Lipinski definition) is 2. The molecule has 1 saturated heterocycles. The lowest BCUT2D eigenvalue weighted by molar-refractivity contribution is -0.0261. The molecule has 0 radical (unpaired) electrons. The van der Waals surface area contributed by atoms with E-state index in [9.17, 15) is 5.11 Å². The Labute approximate surface area is 109 Å². The third kappa shape index (κ3) is 1.48. The highest BCUT2D eigenvalue weighted by Gasteiger charge is 2.55. The van der Waals surface area contributed by atoms with Crippen LogP contribution >= 0.6 is 0 Å². The molecule has 1 heterocycles. The van der Waals surface area contributed by atoms with E-state index in [-0.39, 0.29) is 5.41 Å². The lowest BCUT2D eigenvalue weighted by Gasteiger charge is -2.43. The van der Waals surface area contributed by atoms with Crippen molar-refractivity contribution in [3.8, 4) is 0 Å². The number of aryl methyl sites for hydroxylation is 1. The van der Waals surface area contributed by atoms with Crippen molar-refractivity contribution in [1.29, 1.82) is 0 Å². The Bertz CT molecular complexity index is 462. The fourth-order valence-electron chi connectivity index (χ4n) is 3.94. The third-order valence-electron chi connectivity index (χ3n) is 5.03. The summed E-state index contributed by atoms with van der Waals surface area (Å²) in [6, 6.07) is 8.48. The van der Waals surface area contributed by atoms with Crippen LogP contribution < -0.4 is 5.73 Å². The van der Waals surface area contributed by atoms with Gasteiger partial charge in [0.05, 0.1) is 5.60 Å². The second-order valence-corrected chi connectivity index (χ2v) is 5.96. The van der Waals surface area contributed by atoms with Gasteiger partial charge in [0.25, 0.3) is 0 Å². The van der Waals surface area contributed by atoms with E-state index in [0.717, 1.165) is 32.4 Å². The van der Waals surface area contributed by atoms with E-state index in [1.54, 1.807) is 0 Å². The molecular weight excluding hydrogens is 224 g/mol. The van der Waals surface area contributed by atoms with Crippen molar-refractivity contribution in [1.82, 2.24) is 4.90 Å². The number of likely N-dealkylation sites (N-methyl/N-ethyl adjacent to an activating group) is 1. The summed E-state index contributed by atoms with van der Waals surface area (Å²) in [5.74, 6) is 0. The predicted octanol–water partition coefficient (Wildman–Crippen LogP) is 0.896. The van der Waals surface area contributed by atoms with E-state index in [2.05, 4.69) is 36.2 Å². The van der Waals surface area contributed by atoms with E-state index in [4.69, 9.17) is 5.73 Å². The SMILES string of the molecule is CN1CCC(O)(C2(CN)CCc3ccccc32)C1. The van der Waals surface area contributed by atoms with Crippen LogP contribution in [0.5, 0.6) is 0 Å². The lowest BCUT2D eigenvalue weighted by Crippen LogP contribution is -2.56. The Hall–Kier alpha value is -0.900. The standard InChI is InChI=1S/C15H22N2O/c1-17-9-8-15(18,11-17)14(10-16)7-6-12-4-2-3-5-13(12)14/h2-5,18H,6-11,16H2,1H3. The Morgan fingerprint density at radius 2 is 2.11 bits per heavy atom. The highest BCUT2D eigenvalue weighted by atomic mass is 16.3. The van der Waals surface area contributed by atoms with E-state index < -0.39 is 5.60 Å². The maximum Gasteiger partial charge on any atom is 0.0894 e. The van der Waals surface area contributed by atoms with E-state index in [1.165, 1.54) is 11.1 Å². The number of hydrogen-bond acceptors (Lipinski definition) is 3. The number of nitrogens with zero attached hydrogens (tertiary/aromatic N) is 1. The summed E-state index contributed by atoms with van der Waals surface area (Å²) in [7, 11) is 2.07. The van der Waals surface area contributed by atoms with Gasteiger partial charge in [0, 0.05) is 25.0 Å². The summed E-state index contributed by atoms with van der Waals surface area (Å²) in [5.41, 5.74) is 7.86. The van der Waals surface area contributed by atoms with Crippen molar-refractivity contribution >= 4 is 0 Å². The minimum Gasteiger partial charge on any atom is -0.388 e. The summed E-state index contributed by atoms with van der Waals surface area (Å²) < 4.78 is 0. The largest absolute Gasteiger partial charge is 0.388 e. The normalized spacial score (nSPS) is 35.9. The van der Waals surface area contributed by atoms with Crippen molar-refractivity contribution in [2.24, 2.45) is 5.73 Å². The zero-order valence-electron chi connectivity index (χ0n) is 11.0. The number of nitrogens with two attached hydrogens (primary N) is 1. The number of fused-ring (bicyclic) bond motifs is 1. The quantitative estimate of drug-likeness (QED) is 0.815. The van der Waals surface area contributed by atoms with Crippen molar-refractivity contribution < 1.29 is 5.11 Å². The molecule has 18 heavy (non-hydrogen) atoms. The average Bonchev–Trinajstić information content (AvgIpc) is 2.92. The van der Waals surface area contributed by atoms with Crippen molar-refractivity contribution in [2.45, 2.75) is 30.3 Å². The van der Waals surface area contributed by atoms with Gasteiger partial charge in [0.15, 0.2) is 0 Å². The third-order valence-corrected chi connectivity index (χ3v) is 5.03. The zero-order chi connectivity index (χ0) is 12.8. The minimum absolute atomic E-state index is 0.242. The first kappa shape index (κ1) is 12.2. The molecule has 0 bridgehead atoms. The first-order chi connectivity index (χ1) is 8.61. The van der Waals surface area contributed by atoms with Crippen molar-refractivity contribution in [3.63, 3.8) is 0 Å².